The smallest absolute Gasteiger partial charge is 0.263 e. The van der Waals surface area contributed by atoms with Crippen LogP contribution in [0.5, 0.6) is 5.75 Å². The standard InChI is InChI=1S/C15H18ClN3O2/c1-11-4-5-14(21-2)13(8-11)19-10-12(9-17)15(20)18-7-3-6-16/h4-5,8,10,19H,3,6-7H2,1-2H3,(H,18,20)/b12-10-. The molecule has 1 rings (SSSR count). The summed E-state index contributed by atoms with van der Waals surface area (Å²) in [7, 11) is 1.56. The summed E-state index contributed by atoms with van der Waals surface area (Å²) in [6.07, 6.45) is 2.03. The summed E-state index contributed by atoms with van der Waals surface area (Å²) in [6, 6.07) is 7.47. The number of ether oxygens (including phenoxy) is 1. The zero-order valence-corrected chi connectivity index (χ0v) is 12.8. The van der Waals surface area contributed by atoms with E-state index in [0.29, 0.717) is 30.3 Å². The van der Waals surface area contributed by atoms with E-state index in [1.54, 1.807) is 7.11 Å². The molecule has 0 aliphatic heterocycles. The van der Waals surface area contributed by atoms with E-state index in [1.165, 1.54) is 6.20 Å². The molecule has 2 N–H and O–H groups in total. The second-order valence-corrected chi connectivity index (χ2v) is 4.69. The van der Waals surface area contributed by atoms with Crippen LogP contribution in [0, 0.1) is 18.3 Å². The molecule has 0 fully saturated rings. The third-order valence-electron chi connectivity index (χ3n) is 2.69. The predicted molar refractivity (Wildman–Crippen MR) is 83.4 cm³/mol. The molecule has 0 bridgehead atoms. The van der Waals surface area contributed by atoms with Gasteiger partial charge in [-0.1, -0.05) is 6.07 Å². The van der Waals surface area contributed by atoms with Crippen molar-refractivity contribution in [3.63, 3.8) is 0 Å². The number of benzene rings is 1. The number of rotatable bonds is 7. The zero-order valence-electron chi connectivity index (χ0n) is 12.1. The number of nitriles is 1. The topological polar surface area (TPSA) is 74.1 Å². The van der Waals surface area contributed by atoms with Crippen LogP contribution in [0.25, 0.3) is 0 Å². The lowest BCUT2D eigenvalue weighted by atomic mass is 10.2. The second-order valence-electron chi connectivity index (χ2n) is 4.32. The Labute approximate surface area is 129 Å². The summed E-state index contributed by atoms with van der Waals surface area (Å²) >= 11 is 5.53. The summed E-state index contributed by atoms with van der Waals surface area (Å²) in [4.78, 5) is 11.8. The van der Waals surface area contributed by atoms with Crippen LogP contribution in [0.1, 0.15) is 12.0 Å². The van der Waals surface area contributed by atoms with E-state index in [9.17, 15) is 4.79 Å². The summed E-state index contributed by atoms with van der Waals surface area (Å²) < 4.78 is 5.22. The van der Waals surface area contributed by atoms with Gasteiger partial charge >= 0.3 is 0 Å². The normalized spacial score (nSPS) is 10.7. The van der Waals surface area contributed by atoms with Gasteiger partial charge in [-0.15, -0.1) is 11.6 Å². The van der Waals surface area contributed by atoms with E-state index in [0.717, 1.165) is 5.56 Å². The average Bonchev–Trinajstić information content (AvgIpc) is 2.48. The number of alkyl halides is 1. The Balaban J connectivity index is 2.79. The number of carbonyl (C=O) groups excluding carboxylic acids is 1. The van der Waals surface area contributed by atoms with Crippen molar-refractivity contribution < 1.29 is 9.53 Å². The maximum atomic E-state index is 11.8. The first-order valence-electron chi connectivity index (χ1n) is 6.48. The SMILES string of the molecule is COc1ccc(C)cc1N/C=C(/C#N)C(=O)NCCCCl. The van der Waals surface area contributed by atoms with Crippen LogP contribution >= 0.6 is 11.6 Å². The van der Waals surface area contributed by atoms with Crippen molar-refractivity contribution in [3.05, 3.63) is 35.5 Å². The summed E-state index contributed by atoms with van der Waals surface area (Å²) in [5.74, 6) is 0.670. The number of anilines is 1. The molecule has 0 unspecified atom stereocenters. The molecule has 0 saturated heterocycles. The molecule has 0 radical (unpaired) electrons. The van der Waals surface area contributed by atoms with Crippen molar-refractivity contribution in [1.29, 1.82) is 5.26 Å². The van der Waals surface area contributed by atoms with Crippen LogP contribution in [0.15, 0.2) is 30.0 Å². The molecule has 112 valence electrons. The molecule has 6 heteroatoms. The maximum Gasteiger partial charge on any atom is 0.263 e. The van der Waals surface area contributed by atoms with Gasteiger partial charge in [-0.3, -0.25) is 4.79 Å². The third kappa shape index (κ3) is 5.36. The number of hydrogen-bond acceptors (Lipinski definition) is 4. The van der Waals surface area contributed by atoms with Gasteiger partial charge in [0.2, 0.25) is 0 Å². The predicted octanol–water partition coefficient (Wildman–Crippen LogP) is 2.57. The van der Waals surface area contributed by atoms with Gasteiger partial charge in [-0.25, -0.2) is 0 Å². The molecule has 1 aromatic carbocycles. The average molecular weight is 308 g/mol. The lowest BCUT2D eigenvalue weighted by Gasteiger charge is -2.09. The van der Waals surface area contributed by atoms with Gasteiger partial charge in [0, 0.05) is 18.6 Å². The third-order valence-corrected chi connectivity index (χ3v) is 2.96. The Hall–Kier alpha value is -2.19. The number of amides is 1. The zero-order chi connectivity index (χ0) is 15.7. The van der Waals surface area contributed by atoms with E-state index in [1.807, 2.05) is 31.2 Å². The Morgan fingerprint density at radius 2 is 2.29 bits per heavy atom. The van der Waals surface area contributed by atoms with Gasteiger partial charge in [0.15, 0.2) is 0 Å². The Morgan fingerprint density at radius 1 is 1.52 bits per heavy atom. The highest BCUT2D eigenvalue weighted by molar-refractivity contribution is 6.17. The summed E-state index contributed by atoms with van der Waals surface area (Å²) in [6.45, 7) is 2.38. The number of nitrogens with zero attached hydrogens (tertiary/aromatic N) is 1. The molecular formula is C15H18ClN3O2. The first-order valence-corrected chi connectivity index (χ1v) is 7.01. The quantitative estimate of drug-likeness (QED) is 0.351. The minimum Gasteiger partial charge on any atom is -0.495 e. The molecule has 0 aliphatic carbocycles. The van der Waals surface area contributed by atoms with E-state index < -0.39 is 5.91 Å². The van der Waals surface area contributed by atoms with Gasteiger partial charge < -0.3 is 15.4 Å². The number of hydrogen-bond donors (Lipinski definition) is 2. The highest BCUT2D eigenvalue weighted by Crippen LogP contribution is 2.25. The van der Waals surface area contributed by atoms with Gasteiger partial charge in [-0.2, -0.15) is 5.26 Å². The van der Waals surface area contributed by atoms with Gasteiger partial charge in [0.25, 0.3) is 5.91 Å². The van der Waals surface area contributed by atoms with Crippen LogP contribution in [-0.2, 0) is 4.79 Å². The number of carbonyl (C=O) groups is 1. The second kappa shape index (κ2) is 8.88. The highest BCUT2D eigenvalue weighted by Gasteiger charge is 2.08. The van der Waals surface area contributed by atoms with Crippen molar-refractivity contribution >= 4 is 23.2 Å². The molecule has 0 spiro atoms. The summed E-state index contributed by atoms with van der Waals surface area (Å²) in [5.41, 5.74) is 1.73. The fraction of sp³-hybridized carbons (Fsp3) is 0.333. The Bertz CT molecular complexity index is 565. The number of methoxy groups -OCH3 is 1. The molecule has 5 nitrogen and oxygen atoms in total. The number of nitrogens with one attached hydrogen (secondary N) is 2. The molecule has 1 amide bonds. The molecule has 0 aliphatic rings. The van der Waals surface area contributed by atoms with Crippen molar-refractivity contribution in [2.45, 2.75) is 13.3 Å². The van der Waals surface area contributed by atoms with Gasteiger partial charge in [-0.05, 0) is 31.0 Å². The lowest BCUT2D eigenvalue weighted by Crippen LogP contribution is -2.26. The van der Waals surface area contributed by atoms with Crippen LogP contribution in [0.2, 0.25) is 0 Å². The monoisotopic (exact) mass is 307 g/mol. The van der Waals surface area contributed by atoms with Crippen molar-refractivity contribution in [1.82, 2.24) is 5.32 Å². The van der Waals surface area contributed by atoms with Crippen molar-refractivity contribution in [2.75, 3.05) is 24.9 Å². The first-order chi connectivity index (χ1) is 10.1. The molecule has 0 aromatic heterocycles. The molecule has 1 aromatic rings. The van der Waals surface area contributed by atoms with Crippen LogP contribution in [0.4, 0.5) is 5.69 Å². The van der Waals surface area contributed by atoms with E-state index >= 15 is 0 Å². The fourth-order valence-corrected chi connectivity index (χ4v) is 1.73. The van der Waals surface area contributed by atoms with E-state index in [-0.39, 0.29) is 5.57 Å². The molecule has 0 heterocycles. The molecule has 0 saturated carbocycles. The molecule has 21 heavy (non-hydrogen) atoms. The van der Waals surface area contributed by atoms with E-state index in [2.05, 4.69) is 10.6 Å². The number of aryl methyl sites for hydroxylation is 1. The van der Waals surface area contributed by atoms with Crippen LogP contribution in [0.3, 0.4) is 0 Å². The minimum absolute atomic E-state index is 0.00636. The van der Waals surface area contributed by atoms with Crippen LogP contribution in [-0.4, -0.2) is 25.4 Å². The highest BCUT2D eigenvalue weighted by atomic mass is 35.5. The maximum absolute atomic E-state index is 11.8. The first kappa shape index (κ1) is 16.9. The lowest BCUT2D eigenvalue weighted by molar-refractivity contribution is -0.117. The van der Waals surface area contributed by atoms with Crippen molar-refractivity contribution in [2.24, 2.45) is 0 Å². The van der Waals surface area contributed by atoms with Gasteiger partial charge in [0.05, 0.1) is 12.8 Å². The summed E-state index contributed by atoms with van der Waals surface area (Å²) in [5, 5.41) is 14.6. The largest absolute Gasteiger partial charge is 0.495 e. The minimum atomic E-state index is -0.429. The van der Waals surface area contributed by atoms with E-state index in [4.69, 9.17) is 21.6 Å². The number of halogens is 1. The van der Waals surface area contributed by atoms with Crippen LogP contribution < -0.4 is 15.4 Å². The van der Waals surface area contributed by atoms with Gasteiger partial charge in [0.1, 0.15) is 17.4 Å². The van der Waals surface area contributed by atoms with Crippen molar-refractivity contribution in [3.8, 4) is 11.8 Å². The Morgan fingerprint density at radius 3 is 2.90 bits per heavy atom. The fourth-order valence-electron chi connectivity index (χ4n) is 1.60. The molecule has 0 atom stereocenters. The molecular weight excluding hydrogens is 290 g/mol. The Kier molecular flexibility index (Phi) is 7.13.